The summed E-state index contributed by atoms with van der Waals surface area (Å²) in [7, 11) is 1.96. The van der Waals surface area contributed by atoms with Crippen molar-refractivity contribution in [2.75, 3.05) is 11.9 Å². The fraction of sp³-hybridized carbons (Fsp3) is 0.222. The van der Waals surface area contributed by atoms with Crippen molar-refractivity contribution in [2.45, 2.75) is 6.42 Å². The zero-order valence-electron chi connectivity index (χ0n) is 6.67. The fourth-order valence-electron chi connectivity index (χ4n) is 1.48. The molecule has 0 N–H and O–H groups in total. The van der Waals surface area contributed by atoms with Gasteiger partial charge in [-0.25, -0.2) is 0 Å². The third-order valence-corrected chi connectivity index (χ3v) is 2.84. The maximum Gasteiger partial charge on any atom is 0.0866 e. The van der Waals surface area contributed by atoms with Gasteiger partial charge >= 0.3 is 0 Å². The molecule has 1 aromatic rings. The Morgan fingerprint density at radius 1 is 1.50 bits per heavy atom. The minimum atomic E-state index is 0.787. The normalized spacial score (nSPS) is 15.2. The Morgan fingerprint density at radius 3 is 2.92 bits per heavy atom. The average Bonchev–Trinajstić information content (AvgIpc) is 2.29. The molecular weight excluding hydrogens is 190 g/mol. The van der Waals surface area contributed by atoms with E-state index in [1.807, 2.05) is 24.1 Å². The summed E-state index contributed by atoms with van der Waals surface area (Å²) in [5.41, 5.74) is 2.30. The van der Waals surface area contributed by atoms with E-state index < -0.39 is 0 Å². The lowest BCUT2D eigenvalue weighted by Gasteiger charge is -2.13. The molecule has 3 heteroatoms. The second-order valence-electron chi connectivity index (χ2n) is 2.88. The zero-order valence-corrected chi connectivity index (χ0v) is 8.25. The minimum absolute atomic E-state index is 0.787. The van der Waals surface area contributed by atoms with Crippen LogP contribution in [-0.2, 0) is 6.42 Å². The van der Waals surface area contributed by atoms with Crippen LogP contribution in [0.5, 0.6) is 0 Å². The van der Waals surface area contributed by atoms with Crippen LogP contribution in [0.2, 0.25) is 5.02 Å². The molecule has 0 unspecified atom stereocenters. The van der Waals surface area contributed by atoms with Crippen molar-refractivity contribution in [1.82, 2.24) is 0 Å². The number of likely N-dealkylation sites (N-methyl/N-ethyl adjacent to an activating group) is 1. The molecular formula is C9H8ClNS. The number of benzene rings is 1. The minimum Gasteiger partial charge on any atom is -0.337 e. The monoisotopic (exact) mass is 197 g/mol. The predicted molar refractivity (Wildman–Crippen MR) is 56.2 cm³/mol. The Kier molecular flexibility index (Phi) is 1.81. The third-order valence-electron chi connectivity index (χ3n) is 2.12. The highest BCUT2D eigenvalue weighted by molar-refractivity contribution is 7.80. The van der Waals surface area contributed by atoms with Crippen molar-refractivity contribution in [2.24, 2.45) is 0 Å². The number of hydrogen-bond donors (Lipinski definition) is 0. The molecule has 0 aliphatic carbocycles. The molecule has 1 heterocycles. The van der Waals surface area contributed by atoms with Crippen LogP contribution >= 0.6 is 23.8 Å². The number of rotatable bonds is 0. The van der Waals surface area contributed by atoms with Crippen LogP contribution in [0.1, 0.15) is 5.56 Å². The van der Waals surface area contributed by atoms with E-state index in [0.717, 1.165) is 22.1 Å². The number of para-hydroxylation sites is 1. The molecule has 1 nitrogen and oxygen atoms in total. The smallest absolute Gasteiger partial charge is 0.0866 e. The predicted octanol–water partition coefficient (Wildman–Crippen LogP) is 2.66. The summed E-state index contributed by atoms with van der Waals surface area (Å²) in [6.45, 7) is 0. The van der Waals surface area contributed by atoms with E-state index >= 15 is 0 Å². The highest BCUT2D eigenvalue weighted by Gasteiger charge is 2.22. The summed E-state index contributed by atoms with van der Waals surface area (Å²) in [4.78, 5) is 2.92. The van der Waals surface area contributed by atoms with Crippen LogP contribution in [0.15, 0.2) is 18.2 Å². The summed E-state index contributed by atoms with van der Waals surface area (Å²) in [5.74, 6) is 0. The van der Waals surface area contributed by atoms with Crippen LogP contribution in [0.3, 0.4) is 0 Å². The van der Waals surface area contributed by atoms with E-state index in [2.05, 4.69) is 6.07 Å². The Hall–Kier alpha value is -0.600. The van der Waals surface area contributed by atoms with Gasteiger partial charge in [0.25, 0.3) is 0 Å². The van der Waals surface area contributed by atoms with Crippen LogP contribution in [-0.4, -0.2) is 12.0 Å². The average molecular weight is 198 g/mol. The topological polar surface area (TPSA) is 3.24 Å². The molecule has 1 aromatic carbocycles. The molecule has 0 amide bonds. The van der Waals surface area contributed by atoms with E-state index in [1.54, 1.807) is 0 Å². The quantitative estimate of drug-likeness (QED) is 0.589. The van der Waals surface area contributed by atoms with Gasteiger partial charge in [-0.15, -0.1) is 0 Å². The third kappa shape index (κ3) is 1.03. The summed E-state index contributed by atoms with van der Waals surface area (Å²) < 4.78 is 0. The van der Waals surface area contributed by atoms with Crippen molar-refractivity contribution in [3.63, 3.8) is 0 Å². The first-order chi connectivity index (χ1) is 5.70. The lowest BCUT2D eigenvalue weighted by atomic mass is 10.2. The number of hydrogen-bond acceptors (Lipinski definition) is 1. The maximum atomic E-state index is 6.03. The van der Waals surface area contributed by atoms with Gasteiger partial charge in [0.15, 0.2) is 0 Å². The van der Waals surface area contributed by atoms with Gasteiger partial charge in [-0.05, 0) is 11.6 Å². The number of nitrogens with zero attached hydrogens (tertiary/aromatic N) is 1. The molecule has 2 rings (SSSR count). The zero-order chi connectivity index (χ0) is 8.72. The van der Waals surface area contributed by atoms with Crippen molar-refractivity contribution in [1.29, 1.82) is 0 Å². The lowest BCUT2D eigenvalue weighted by molar-refractivity contribution is 1.32. The van der Waals surface area contributed by atoms with Crippen LogP contribution < -0.4 is 4.90 Å². The summed E-state index contributed by atoms with van der Waals surface area (Å²) in [6, 6.07) is 5.92. The van der Waals surface area contributed by atoms with Gasteiger partial charge in [0.1, 0.15) is 0 Å². The SMILES string of the molecule is CN1C(=S)Cc2cccc(Cl)c21. The molecule has 62 valence electrons. The summed E-state index contributed by atoms with van der Waals surface area (Å²) >= 11 is 11.2. The summed E-state index contributed by atoms with van der Waals surface area (Å²) in [6.07, 6.45) is 0.849. The van der Waals surface area contributed by atoms with Crippen molar-refractivity contribution < 1.29 is 0 Å². The standard InChI is InChI=1S/C9H8ClNS/c1-11-8(12)5-6-3-2-4-7(10)9(6)11/h2-4H,5H2,1H3. The van der Waals surface area contributed by atoms with Gasteiger partial charge in [-0.3, -0.25) is 0 Å². The number of anilines is 1. The van der Waals surface area contributed by atoms with E-state index in [9.17, 15) is 0 Å². The van der Waals surface area contributed by atoms with E-state index in [4.69, 9.17) is 23.8 Å². The first-order valence-electron chi connectivity index (χ1n) is 3.74. The molecule has 0 atom stereocenters. The van der Waals surface area contributed by atoms with Crippen LogP contribution in [0.25, 0.3) is 0 Å². The van der Waals surface area contributed by atoms with E-state index in [1.165, 1.54) is 5.56 Å². The van der Waals surface area contributed by atoms with Crippen LogP contribution in [0.4, 0.5) is 5.69 Å². The molecule has 0 aromatic heterocycles. The number of fused-ring (bicyclic) bond motifs is 1. The van der Waals surface area contributed by atoms with Crippen molar-refractivity contribution in [3.05, 3.63) is 28.8 Å². The maximum absolute atomic E-state index is 6.03. The summed E-state index contributed by atoms with van der Waals surface area (Å²) in [5, 5.41) is 0.787. The Balaban J connectivity index is 2.62. The Labute approximate surface area is 81.9 Å². The van der Waals surface area contributed by atoms with Crippen molar-refractivity contribution >= 4 is 34.5 Å². The van der Waals surface area contributed by atoms with E-state index in [0.29, 0.717) is 0 Å². The molecule has 0 saturated heterocycles. The van der Waals surface area contributed by atoms with Gasteiger partial charge in [0.2, 0.25) is 0 Å². The fourth-order valence-corrected chi connectivity index (χ4v) is 2.05. The Bertz CT molecular complexity index is 348. The van der Waals surface area contributed by atoms with Crippen molar-refractivity contribution in [3.8, 4) is 0 Å². The van der Waals surface area contributed by atoms with Gasteiger partial charge in [0.05, 0.1) is 15.7 Å². The van der Waals surface area contributed by atoms with E-state index in [-0.39, 0.29) is 0 Å². The Morgan fingerprint density at radius 2 is 2.25 bits per heavy atom. The lowest BCUT2D eigenvalue weighted by Crippen LogP contribution is -2.18. The first-order valence-corrected chi connectivity index (χ1v) is 4.52. The second kappa shape index (κ2) is 2.71. The van der Waals surface area contributed by atoms with Gasteiger partial charge in [0, 0.05) is 13.5 Å². The van der Waals surface area contributed by atoms with Crippen LogP contribution in [0, 0.1) is 0 Å². The highest BCUT2D eigenvalue weighted by atomic mass is 35.5. The molecule has 0 radical (unpaired) electrons. The molecule has 0 spiro atoms. The molecule has 1 aliphatic heterocycles. The molecule has 0 saturated carbocycles. The number of thiocarbonyl (C=S) groups is 1. The molecule has 12 heavy (non-hydrogen) atoms. The van der Waals surface area contributed by atoms with Gasteiger partial charge in [-0.2, -0.15) is 0 Å². The van der Waals surface area contributed by atoms with Gasteiger partial charge in [-0.1, -0.05) is 36.0 Å². The second-order valence-corrected chi connectivity index (χ2v) is 3.76. The number of halogens is 1. The largest absolute Gasteiger partial charge is 0.337 e. The molecule has 1 aliphatic rings. The molecule has 0 bridgehead atoms. The molecule has 0 fully saturated rings. The highest BCUT2D eigenvalue weighted by Crippen LogP contribution is 2.34. The first kappa shape index (κ1) is 8.02. The van der Waals surface area contributed by atoms with Gasteiger partial charge < -0.3 is 4.90 Å².